The van der Waals surface area contributed by atoms with Gasteiger partial charge in [-0.3, -0.25) is 4.90 Å². The van der Waals surface area contributed by atoms with Crippen molar-refractivity contribution in [1.82, 2.24) is 15.2 Å². The molecule has 1 N–H and O–H groups in total. The molecule has 1 saturated heterocycles. The molecule has 0 aliphatic carbocycles. The highest BCUT2D eigenvalue weighted by Gasteiger charge is 2.13. The third-order valence-electron chi connectivity index (χ3n) is 2.44. The van der Waals surface area contributed by atoms with E-state index in [1.807, 2.05) is 6.92 Å². The molecule has 1 aliphatic heterocycles. The van der Waals surface area contributed by atoms with Gasteiger partial charge in [-0.25, -0.2) is 4.98 Å². The van der Waals surface area contributed by atoms with Gasteiger partial charge in [-0.2, -0.15) is 0 Å². The van der Waals surface area contributed by atoms with Gasteiger partial charge >= 0.3 is 0 Å². The highest BCUT2D eigenvalue weighted by Crippen LogP contribution is 2.23. The third-order valence-corrected chi connectivity index (χ3v) is 3.69. The molecule has 0 spiro atoms. The zero-order valence-corrected chi connectivity index (χ0v) is 9.79. The molecule has 0 aromatic carbocycles. The molecule has 0 saturated carbocycles. The highest BCUT2D eigenvalue weighted by molar-refractivity contribution is 7.15. The Morgan fingerprint density at radius 3 is 2.79 bits per heavy atom. The Labute approximate surface area is 93.1 Å². The van der Waals surface area contributed by atoms with Crippen LogP contribution in [0.4, 0.5) is 0 Å². The summed E-state index contributed by atoms with van der Waals surface area (Å²) in [6.45, 7) is 7.44. The lowest BCUT2D eigenvalue weighted by molar-refractivity contribution is 0.234. The van der Waals surface area contributed by atoms with Crippen LogP contribution in [0.15, 0.2) is 0 Å². The van der Waals surface area contributed by atoms with Crippen molar-refractivity contribution in [2.75, 3.05) is 26.2 Å². The van der Waals surface area contributed by atoms with Crippen molar-refractivity contribution in [3.8, 4) is 0 Å². The van der Waals surface area contributed by atoms with Crippen LogP contribution >= 0.6 is 22.9 Å². The topological polar surface area (TPSA) is 28.2 Å². The maximum atomic E-state index is 5.86. The molecule has 2 rings (SSSR count). The van der Waals surface area contributed by atoms with Gasteiger partial charge in [-0.05, 0) is 6.92 Å². The summed E-state index contributed by atoms with van der Waals surface area (Å²) in [5.41, 5.74) is 1.08. The average molecular weight is 232 g/mol. The van der Waals surface area contributed by atoms with Crippen molar-refractivity contribution in [1.29, 1.82) is 0 Å². The lowest BCUT2D eigenvalue weighted by Crippen LogP contribution is -2.42. The van der Waals surface area contributed by atoms with Gasteiger partial charge in [0.2, 0.25) is 0 Å². The number of aryl methyl sites for hydroxylation is 1. The van der Waals surface area contributed by atoms with Crippen LogP contribution in [0.2, 0.25) is 4.47 Å². The maximum Gasteiger partial charge on any atom is 0.184 e. The van der Waals surface area contributed by atoms with Gasteiger partial charge in [-0.15, -0.1) is 11.3 Å². The lowest BCUT2D eigenvalue weighted by Gasteiger charge is -2.26. The molecule has 0 amide bonds. The van der Waals surface area contributed by atoms with Crippen LogP contribution in [0.5, 0.6) is 0 Å². The van der Waals surface area contributed by atoms with E-state index in [0.717, 1.165) is 38.4 Å². The predicted molar refractivity (Wildman–Crippen MR) is 60.0 cm³/mol. The number of piperazine rings is 1. The smallest absolute Gasteiger partial charge is 0.184 e. The summed E-state index contributed by atoms with van der Waals surface area (Å²) < 4.78 is 0.660. The van der Waals surface area contributed by atoms with Gasteiger partial charge in [0.15, 0.2) is 4.47 Å². The minimum Gasteiger partial charge on any atom is -0.314 e. The molecule has 3 nitrogen and oxygen atoms in total. The summed E-state index contributed by atoms with van der Waals surface area (Å²) in [5, 5.41) is 3.34. The van der Waals surface area contributed by atoms with Gasteiger partial charge in [-0.1, -0.05) is 11.6 Å². The molecule has 5 heteroatoms. The van der Waals surface area contributed by atoms with E-state index in [2.05, 4.69) is 15.2 Å². The second-order valence-corrected chi connectivity index (χ2v) is 5.17. The summed E-state index contributed by atoms with van der Waals surface area (Å²) in [6.07, 6.45) is 0. The van der Waals surface area contributed by atoms with Gasteiger partial charge in [0.1, 0.15) is 0 Å². The quantitative estimate of drug-likeness (QED) is 0.837. The molecular weight excluding hydrogens is 218 g/mol. The van der Waals surface area contributed by atoms with Crippen molar-refractivity contribution in [3.63, 3.8) is 0 Å². The number of nitrogens with zero attached hydrogens (tertiary/aromatic N) is 2. The summed E-state index contributed by atoms with van der Waals surface area (Å²) in [5.74, 6) is 0. The van der Waals surface area contributed by atoms with Gasteiger partial charge < -0.3 is 5.32 Å². The minimum absolute atomic E-state index is 0.660. The molecule has 1 aliphatic rings. The Morgan fingerprint density at radius 1 is 1.50 bits per heavy atom. The molecule has 1 aromatic heterocycles. The van der Waals surface area contributed by atoms with E-state index in [4.69, 9.17) is 11.6 Å². The number of thiazole rings is 1. The van der Waals surface area contributed by atoms with Crippen molar-refractivity contribution in [2.45, 2.75) is 13.5 Å². The average Bonchev–Trinajstić information content (AvgIpc) is 2.47. The number of halogens is 1. The molecule has 0 atom stereocenters. The molecule has 14 heavy (non-hydrogen) atoms. The van der Waals surface area contributed by atoms with E-state index in [-0.39, 0.29) is 0 Å². The Kier molecular flexibility index (Phi) is 3.38. The van der Waals surface area contributed by atoms with Crippen molar-refractivity contribution in [3.05, 3.63) is 15.0 Å². The van der Waals surface area contributed by atoms with E-state index in [9.17, 15) is 0 Å². The largest absolute Gasteiger partial charge is 0.314 e. The Bertz CT molecular complexity index is 307. The van der Waals surface area contributed by atoms with E-state index < -0.39 is 0 Å². The van der Waals surface area contributed by atoms with Gasteiger partial charge in [0.25, 0.3) is 0 Å². The number of rotatable bonds is 2. The van der Waals surface area contributed by atoms with Crippen molar-refractivity contribution in [2.24, 2.45) is 0 Å². The van der Waals surface area contributed by atoms with Crippen LogP contribution in [-0.2, 0) is 6.54 Å². The molecule has 0 bridgehead atoms. The Morgan fingerprint density at radius 2 is 2.21 bits per heavy atom. The SMILES string of the molecule is Cc1nc(Cl)sc1CN1CCNCC1. The van der Waals surface area contributed by atoms with Crippen LogP contribution in [0, 0.1) is 6.92 Å². The fourth-order valence-electron chi connectivity index (χ4n) is 1.61. The molecule has 2 heterocycles. The third kappa shape index (κ3) is 2.45. The molecule has 0 unspecified atom stereocenters. The second kappa shape index (κ2) is 4.57. The van der Waals surface area contributed by atoms with Crippen LogP contribution in [0.25, 0.3) is 0 Å². The summed E-state index contributed by atoms with van der Waals surface area (Å²) in [6, 6.07) is 0. The van der Waals surface area contributed by atoms with Crippen LogP contribution in [0.3, 0.4) is 0 Å². The highest BCUT2D eigenvalue weighted by atomic mass is 35.5. The number of aromatic nitrogens is 1. The maximum absolute atomic E-state index is 5.86. The first-order valence-electron chi connectivity index (χ1n) is 4.80. The first-order chi connectivity index (χ1) is 6.75. The number of hydrogen-bond donors (Lipinski definition) is 1. The molecule has 0 radical (unpaired) electrons. The first-order valence-corrected chi connectivity index (χ1v) is 6.00. The van der Waals surface area contributed by atoms with E-state index in [1.165, 1.54) is 4.88 Å². The van der Waals surface area contributed by atoms with Gasteiger partial charge in [0.05, 0.1) is 5.69 Å². The van der Waals surface area contributed by atoms with Crippen LogP contribution in [0.1, 0.15) is 10.6 Å². The van der Waals surface area contributed by atoms with E-state index >= 15 is 0 Å². The monoisotopic (exact) mass is 231 g/mol. The number of hydrogen-bond acceptors (Lipinski definition) is 4. The zero-order valence-electron chi connectivity index (χ0n) is 8.22. The zero-order chi connectivity index (χ0) is 9.97. The first kappa shape index (κ1) is 10.4. The molecule has 1 fully saturated rings. The van der Waals surface area contributed by atoms with Crippen molar-refractivity contribution >= 4 is 22.9 Å². The normalized spacial score (nSPS) is 18.7. The van der Waals surface area contributed by atoms with E-state index in [0.29, 0.717) is 4.47 Å². The standard InChI is InChI=1S/C9H14ClN3S/c1-7-8(14-9(10)12-7)6-13-4-2-11-3-5-13/h11H,2-6H2,1H3. The van der Waals surface area contributed by atoms with Gasteiger partial charge in [0, 0.05) is 37.6 Å². The fraction of sp³-hybridized carbons (Fsp3) is 0.667. The van der Waals surface area contributed by atoms with Crippen molar-refractivity contribution < 1.29 is 0 Å². The number of nitrogens with one attached hydrogen (secondary N) is 1. The Balaban J connectivity index is 1.98. The summed E-state index contributed by atoms with van der Waals surface area (Å²) in [7, 11) is 0. The molecular formula is C9H14ClN3S. The Hall–Kier alpha value is -0.160. The summed E-state index contributed by atoms with van der Waals surface area (Å²) in [4.78, 5) is 7.96. The fourth-order valence-corrected chi connectivity index (χ4v) is 2.84. The van der Waals surface area contributed by atoms with Crippen LogP contribution in [-0.4, -0.2) is 36.1 Å². The minimum atomic E-state index is 0.660. The predicted octanol–water partition coefficient (Wildman–Crippen LogP) is 1.51. The second-order valence-electron chi connectivity index (χ2n) is 3.50. The molecule has 1 aromatic rings. The molecule has 78 valence electrons. The van der Waals surface area contributed by atoms with E-state index in [1.54, 1.807) is 11.3 Å². The summed E-state index contributed by atoms with van der Waals surface area (Å²) >= 11 is 7.46. The van der Waals surface area contributed by atoms with Crippen LogP contribution < -0.4 is 5.32 Å². The lowest BCUT2D eigenvalue weighted by atomic mass is 10.3.